The van der Waals surface area contributed by atoms with E-state index < -0.39 is 0 Å². The van der Waals surface area contributed by atoms with E-state index in [1.54, 1.807) is 0 Å². The first-order valence-corrected chi connectivity index (χ1v) is 7.36. The number of nitrogens with zero attached hydrogens (tertiary/aromatic N) is 1. The zero-order valence-corrected chi connectivity index (χ0v) is 13.6. The molecule has 1 aliphatic heterocycles. The molecule has 0 radical (unpaired) electrons. The second-order valence-electron chi connectivity index (χ2n) is 7.55. The van der Waals surface area contributed by atoms with E-state index >= 15 is 0 Å². The quantitative estimate of drug-likeness (QED) is 0.770. The average Bonchev–Trinajstić information content (AvgIpc) is 2.71. The normalized spacial score (nSPS) is 16.4. The number of hydrogen-bond acceptors (Lipinski definition) is 1. The average molecular weight is 271 g/mol. The van der Waals surface area contributed by atoms with Gasteiger partial charge in [-0.2, -0.15) is 0 Å². The number of rotatable bonds is 1. The first-order chi connectivity index (χ1) is 9.17. The molecule has 1 heterocycles. The smallest absolute Gasteiger partial charge is 0.270 e. The maximum Gasteiger partial charge on any atom is 0.271 e. The predicted molar refractivity (Wildman–Crippen MR) is 87.2 cm³/mol. The Kier molecular flexibility index (Phi) is 3.77. The van der Waals surface area contributed by atoms with Gasteiger partial charge in [0.2, 0.25) is 0 Å². The van der Waals surface area contributed by atoms with Crippen LogP contribution in [0.4, 0.5) is 0 Å². The zero-order chi connectivity index (χ0) is 15.0. The summed E-state index contributed by atoms with van der Waals surface area (Å²) < 4.78 is 2.45. The first kappa shape index (κ1) is 14.8. The van der Waals surface area contributed by atoms with Gasteiger partial charge in [0.15, 0.2) is 0 Å². The molecule has 0 bridgehead atoms. The SMILES string of the molecule is CC(C)(C)NC1=[N+](C(C)(C)C)CC(c2ccccc2)=C1. The number of nitrogens with one attached hydrogen (secondary N) is 1. The lowest BCUT2D eigenvalue weighted by Crippen LogP contribution is -2.47. The predicted octanol–water partition coefficient (Wildman–Crippen LogP) is 3.68. The molecule has 108 valence electrons. The topological polar surface area (TPSA) is 15.0 Å². The maximum absolute atomic E-state index is 3.64. The van der Waals surface area contributed by atoms with Crippen molar-refractivity contribution in [1.29, 1.82) is 0 Å². The van der Waals surface area contributed by atoms with Crippen LogP contribution in [0, 0.1) is 0 Å². The molecule has 2 heteroatoms. The van der Waals surface area contributed by atoms with Crippen LogP contribution in [0.5, 0.6) is 0 Å². The van der Waals surface area contributed by atoms with Crippen LogP contribution >= 0.6 is 0 Å². The molecule has 0 unspecified atom stereocenters. The van der Waals surface area contributed by atoms with Crippen LogP contribution in [0.1, 0.15) is 47.1 Å². The summed E-state index contributed by atoms with van der Waals surface area (Å²) in [5.74, 6) is 1.23. The molecule has 1 N–H and O–H groups in total. The molecule has 0 amide bonds. The van der Waals surface area contributed by atoms with Crippen molar-refractivity contribution in [3.8, 4) is 0 Å². The van der Waals surface area contributed by atoms with Crippen molar-refractivity contribution in [2.75, 3.05) is 6.54 Å². The highest BCUT2D eigenvalue weighted by atomic mass is 15.2. The lowest BCUT2D eigenvalue weighted by atomic mass is 10.1. The van der Waals surface area contributed by atoms with Crippen molar-refractivity contribution >= 4 is 11.4 Å². The van der Waals surface area contributed by atoms with Gasteiger partial charge in [0.05, 0.1) is 11.1 Å². The highest BCUT2D eigenvalue weighted by Gasteiger charge is 2.32. The maximum atomic E-state index is 3.64. The van der Waals surface area contributed by atoms with Crippen molar-refractivity contribution in [3.05, 3.63) is 42.0 Å². The van der Waals surface area contributed by atoms with Crippen LogP contribution in [-0.4, -0.2) is 28.0 Å². The van der Waals surface area contributed by atoms with Crippen molar-refractivity contribution < 1.29 is 4.58 Å². The van der Waals surface area contributed by atoms with Gasteiger partial charge in [-0.15, -0.1) is 0 Å². The Hall–Kier alpha value is -1.57. The Bertz CT molecular complexity index is 537. The second-order valence-corrected chi connectivity index (χ2v) is 7.55. The van der Waals surface area contributed by atoms with Crippen molar-refractivity contribution in [1.82, 2.24) is 5.32 Å². The van der Waals surface area contributed by atoms with Crippen molar-refractivity contribution in [2.24, 2.45) is 0 Å². The van der Waals surface area contributed by atoms with E-state index in [4.69, 9.17) is 0 Å². The molecule has 1 aliphatic rings. The zero-order valence-electron chi connectivity index (χ0n) is 13.6. The third-order valence-corrected chi connectivity index (χ3v) is 3.39. The molecule has 1 aromatic carbocycles. The van der Waals surface area contributed by atoms with Crippen molar-refractivity contribution in [2.45, 2.75) is 52.6 Å². The molecule has 0 fully saturated rings. The lowest BCUT2D eigenvalue weighted by molar-refractivity contribution is -0.584. The molecule has 2 rings (SSSR count). The lowest BCUT2D eigenvalue weighted by Gasteiger charge is -2.24. The van der Waals surface area contributed by atoms with Crippen molar-refractivity contribution in [3.63, 3.8) is 0 Å². The van der Waals surface area contributed by atoms with E-state index in [0.29, 0.717) is 0 Å². The standard InChI is InChI=1S/C18H26N2/c1-17(2,3)19-16-12-15(13-20(16)18(4,5)6)14-10-8-7-9-11-14/h7-12H,13H2,1-6H3/p+1. The Morgan fingerprint density at radius 2 is 1.55 bits per heavy atom. The van der Waals surface area contributed by atoms with E-state index in [0.717, 1.165) is 6.54 Å². The van der Waals surface area contributed by atoms with Crippen LogP contribution in [0.15, 0.2) is 36.4 Å². The number of amidine groups is 1. The minimum Gasteiger partial charge on any atom is -0.270 e. The molecule has 0 aromatic heterocycles. The van der Waals surface area contributed by atoms with E-state index in [-0.39, 0.29) is 11.1 Å². The summed E-state index contributed by atoms with van der Waals surface area (Å²) in [5.41, 5.74) is 2.88. The van der Waals surface area contributed by atoms with Gasteiger partial charge in [-0.25, -0.2) is 0 Å². The minimum atomic E-state index is 0.0709. The van der Waals surface area contributed by atoms with E-state index in [1.165, 1.54) is 17.0 Å². The highest BCUT2D eigenvalue weighted by molar-refractivity contribution is 5.99. The van der Waals surface area contributed by atoms with Crippen LogP contribution < -0.4 is 5.32 Å². The van der Waals surface area contributed by atoms with Gasteiger partial charge in [-0.1, -0.05) is 30.3 Å². The van der Waals surface area contributed by atoms with Crippen LogP contribution in [-0.2, 0) is 0 Å². The van der Waals surface area contributed by atoms with Gasteiger partial charge in [0, 0.05) is 11.6 Å². The highest BCUT2D eigenvalue weighted by Crippen LogP contribution is 2.23. The molecule has 0 saturated heterocycles. The summed E-state index contributed by atoms with van der Waals surface area (Å²) in [4.78, 5) is 0. The summed E-state index contributed by atoms with van der Waals surface area (Å²) in [6.45, 7) is 14.4. The van der Waals surface area contributed by atoms with Gasteiger partial charge in [0.1, 0.15) is 6.54 Å². The van der Waals surface area contributed by atoms with Gasteiger partial charge in [-0.05, 0) is 47.1 Å². The second kappa shape index (κ2) is 5.08. The van der Waals surface area contributed by atoms with Gasteiger partial charge >= 0.3 is 0 Å². The third-order valence-electron chi connectivity index (χ3n) is 3.39. The Morgan fingerprint density at radius 3 is 2.05 bits per heavy atom. The van der Waals surface area contributed by atoms with Crippen LogP contribution in [0.3, 0.4) is 0 Å². The number of hydrogen-bond donors (Lipinski definition) is 1. The van der Waals surface area contributed by atoms with E-state index in [9.17, 15) is 0 Å². The van der Waals surface area contributed by atoms with E-state index in [1.807, 2.05) is 0 Å². The molecule has 0 atom stereocenters. The summed E-state index contributed by atoms with van der Waals surface area (Å²) in [7, 11) is 0. The molecular formula is C18H27N2+. The number of benzene rings is 1. The molecule has 0 spiro atoms. The van der Waals surface area contributed by atoms with E-state index in [2.05, 4.69) is 87.8 Å². The molecule has 1 aromatic rings. The summed E-state index contributed by atoms with van der Waals surface area (Å²) in [6.07, 6.45) is 2.30. The summed E-state index contributed by atoms with van der Waals surface area (Å²) in [6, 6.07) is 10.7. The summed E-state index contributed by atoms with van der Waals surface area (Å²) >= 11 is 0. The fraction of sp³-hybridized carbons (Fsp3) is 0.500. The molecule has 0 saturated carbocycles. The van der Waals surface area contributed by atoms with Crippen LogP contribution in [0.2, 0.25) is 0 Å². The Morgan fingerprint density at radius 1 is 0.950 bits per heavy atom. The Labute approximate surface area is 123 Å². The Balaban J connectivity index is 2.34. The monoisotopic (exact) mass is 271 g/mol. The van der Waals surface area contributed by atoms with Gasteiger partial charge < -0.3 is 0 Å². The fourth-order valence-electron chi connectivity index (χ4n) is 2.46. The summed E-state index contributed by atoms with van der Waals surface area (Å²) in [5, 5.41) is 3.64. The fourth-order valence-corrected chi connectivity index (χ4v) is 2.46. The van der Waals surface area contributed by atoms with Gasteiger partial charge in [0.25, 0.3) is 5.84 Å². The largest absolute Gasteiger partial charge is 0.271 e. The third kappa shape index (κ3) is 3.50. The minimum absolute atomic E-state index is 0.0709. The molecular weight excluding hydrogens is 244 g/mol. The molecule has 2 nitrogen and oxygen atoms in total. The molecule has 0 aliphatic carbocycles. The van der Waals surface area contributed by atoms with Crippen LogP contribution in [0.25, 0.3) is 5.57 Å². The van der Waals surface area contributed by atoms with Gasteiger partial charge in [-0.3, -0.25) is 9.89 Å². The first-order valence-electron chi connectivity index (χ1n) is 7.36. The molecule has 20 heavy (non-hydrogen) atoms.